The summed E-state index contributed by atoms with van der Waals surface area (Å²) in [6.45, 7) is 1.09. The lowest BCUT2D eigenvalue weighted by Crippen LogP contribution is -2.45. The van der Waals surface area contributed by atoms with Gasteiger partial charge in [-0.25, -0.2) is 13.3 Å². The van der Waals surface area contributed by atoms with Gasteiger partial charge in [-0.1, -0.05) is 6.07 Å². The third kappa shape index (κ3) is 5.11. The van der Waals surface area contributed by atoms with Gasteiger partial charge in [-0.05, 0) is 60.2 Å². The Morgan fingerprint density at radius 2 is 1.72 bits per heavy atom. The van der Waals surface area contributed by atoms with Crippen molar-refractivity contribution in [3.8, 4) is 11.5 Å². The Kier molecular flexibility index (Phi) is 7.13. The number of ether oxygens (including phenoxy) is 2. The number of amides is 2. The standard InChI is InChI=1S/C25H23N3O7S/c1-17(29)35-21-7-5-19(6-8-21)28-24(30)14-23(25(28)31)27(16-18-4-3-13-26-15-18)36(32,33)22-11-9-20(34-2)10-12-22/h3-13,15,23H,14,16H2,1-2H3. The zero-order valence-corrected chi connectivity index (χ0v) is 20.3. The first kappa shape index (κ1) is 25.0. The molecule has 1 unspecified atom stereocenters. The van der Waals surface area contributed by atoms with Crippen molar-refractivity contribution in [1.29, 1.82) is 0 Å². The number of carbonyl (C=O) groups is 3. The Morgan fingerprint density at radius 1 is 1.06 bits per heavy atom. The van der Waals surface area contributed by atoms with Crippen LogP contribution in [0.4, 0.5) is 5.69 Å². The second kappa shape index (κ2) is 10.3. The molecular weight excluding hydrogens is 486 g/mol. The summed E-state index contributed by atoms with van der Waals surface area (Å²) in [5.74, 6) is -1.01. The Hall–Kier alpha value is -4.09. The predicted octanol–water partition coefficient (Wildman–Crippen LogP) is 2.54. The lowest BCUT2D eigenvalue weighted by molar-refractivity contribution is -0.132. The molecule has 0 radical (unpaired) electrons. The number of anilines is 1. The number of pyridine rings is 1. The number of esters is 1. The van der Waals surface area contributed by atoms with Gasteiger partial charge in [-0.15, -0.1) is 0 Å². The van der Waals surface area contributed by atoms with Crippen LogP contribution >= 0.6 is 0 Å². The van der Waals surface area contributed by atoms with E-state index in [4.69, 9.17) is 9.47 Å². The van der Waals surface area contributed by atoms with E-state index in [-0.39, 0.29) is 29.3 Å². The minimum absolute atomic E-state index is 0.0448. The van der Waals surface area contributed by atoms with E-state index in [0.717, 1.165) is 9.21 Å². The number of hydrogen-bond donors (Lipinski definition) is 0. The monoisotopic (exact) mass is 509 g/mol. The van der Waals surface area contributed by atoms with Crippen molar-refractivity contribution >= 4 is 33.5 Å². The molecule has 1 fully saturated rings. The summed E-state index contributed by atoms with van der Waals surface area (Å²) in [4.78, 5) is 42.5. The van der Waals surface area contributed by atoms with Crippen molar-refractivity contribution in [2.24, 2.45) is 0 Å². The number of methoxy groups -OCH3 is 1. The third-order valence-corrected chi connectivity index (χ3v) is 7.42. The van der Waals surface area contributed by atoms with Crippen molar-refractivity contribution in [2.45, 2.75) is 30.8 Å². The van der Waals surface area contributed by atoms with Gasteiger partial charge in [0, 0.05) is 25.9 Å². The van der Waals surface area contributed by atoms with Crippen LogP contribution in [0.2, 0.25) is 0 Å². The SMILES string of the molecule is COc1ccc(S(=O)(=O)N(Cc2cccnc2)C2CC(=O)N(c3ccc(OC(C)=O)cc3)C2=O)cc1. The van der Waals surface area contributed by atoms with Crippen LogP contribution in [0.15, 0.2) is 78.0 Å². The number of benzene rings is 2. The van der Waals surface area contributed by atoms with Crippen molar-refractivity contribution in [3.63, 3.8) is 0 Å². The summed E-state index contributed by atoms with van der Waals surface area (Å²) in [6.07, 6.45) is 2.72. The van der Waals surface area contributed by atoms with E-state index in [1.807, 2.05) is 0 Å². The minimum Gasteiger partial charge on any atom is -0.497 e. The molecule has 2 aromatic carbocycles. The quantitative estimate of drug-likeness (QED) is 0.258. The van der Waals surface area contributed by atoms with Gasteiger partial charge in [0.2, 0.25) is 15.9 Å². The molecule has 3 aromatic rings. The van der Waals surface area contributed by atoms with Gasteiger partial charge < -0.3 is 9.47 Å². The van der Waals surface area contributed by atoms with E-state index >= 15 is 0 Å². The van der Waals surface area contributed by atoms with E-state index in [1.54, 1.807) is 18.3 Å². The van der Waals surface area contributed by atoms with Crippen LogP contribution in [0.25, 0.3) is 0 Å². The molecule has 11 heteroatoms. The maximum atomic E-state index is 13.7. The van der Waals surface area contributed by atoms with E-state index in [2.05, 4.69) is 4.98 Å². The summed E-state index contributed by atoms with van der Waals surface area (Å²) < 4.78 is 38.5. The highest BCUT2D eigenvalue weighted by Gasteiger charge is 2.47. The average Bonchev–Trinajstić information content (AvgIpc) is 3.16. The lowest BCUT2D eigenvalue weighted by Gasteiger charge is -2.27. The highest BCUT2D eigenvalue weighted by Crippen LogP contribution is 2.31. The molecule has 0 N–H and O–H groups in total. The van der Waals surface area contributed by atoms with Gasteiger partial charge in [-0.3, -0.25) is 19.4 Å². The molecule has 1 aliphatic heterocycles. The molecule has 1 saturated heterocycles. The summed E-state index contributed by atoms with van der Waals surface area (Å²) in [5.41, 5.74) is 0.797. The number of rotatable bonds is 8. The van der Waals surface area contributed by atoms with Crippen LogP contribution in [-0.2, 0) is 31.0 Å². The molecule has 4 rings (SSSR count). The molecule has 2 heterocycles. The third-order valence-electron chi connectivity index (χ3n) is 5.55. The number of imide groups is 1. The molecule has 186 valence electrons. The van der Waals surface area contributed by atoms with Crippen LogP contribution < -0.4 is 14.4 Å². The lowest BCUT2D eigenvalue weighted by atomic mass is 10.2. The first-order chi connectivity index (χ1) is 17.2. The van der Waals surface area contributed by atoms with Crippen LogP contribution in [0.1, 0.15) is 18.9 Å². The van der Waals surface area contributed by atoms with E-state index < -0.39 is 33.8 Å². The fourth-order valence-corrected chi connectivity index (χ4v) is 5.43. The number of hydrogen-bond acceptors (Lipinski definition) is 8. The van der Waals surface area contributed by atoms with Crippen LogP contribution in [0.5, 0.6) is 11.5 Å². The fourth-order valence-electron chi connectivity index (χ4n) is 3.86. The molecule has 10 nitrogen and oxygen atoms in total. The zero-order valence-electron chi connectivity index (χ0n) is 19.5. The van der Waals surface area contributed by atoms with Gasteiger partial charge in [0.05, 0.1) is 24.1 Å². The Morgan fingerprint density at radius 3 is 2.31 bits per heavy atom. The van der Waals surface area contributed by atoms with Crippen molar-refractivity contribution in [1.82, 2.24) is 9.29 Å². The summed E-state index contributed by atoms with van der Waals surface area (Å²) in [7, 11) is -2.73. The molecule has 0 saturated carbocycles. The summed E-state index contributed by atoms with van der Waals surface area (Å²) >= 11 is 0. The zero-order chi connectivity index (χ0) is 25.9. The Labute approximate surface area is 208 Å². The van der Waals surface area contributed by atoms with Gasteiger partial charge >= 0.3 is 5.97 Å². The second-order valence-corrected chi connectivity index (χ2v) is 9.85. The number of aromatic nitrogens is 1. The maximum absolute atomic E-state index is 13.7. The minimum atomic E-state index is -4.20. The van der Waals surface area contributed by atoms with Crippen LogP contribution in [0.3, 0.4) is 0 Å². The highest BCUT2D eigenvalue weighted by molar-refractivity contribution is 7.89. The predicted molar refractivity (Wildman–Crippen MR) is 129 cm³/mol. The van der Waals surface area contributed by atoms with Gasteiger partial charge in [0.15, 0.2) is 0 Å². The topological polar surface area (TPSA) is 123 Å². The molecule has 36 heavy (non-hydrogen) atoms. The highest BCUT2D eigenvalue weighted by atomic mass is 32.2. The molecule has 1 aromatic heterocycles. The Bertz CT molecular complexity index is 1380. The fraction of sp³-hybridized carbons (Fsp3) is 0.200. The molecule has 2 amide bonds. The van der Waals surface area contributed by atoms with Crippen molar-refractivity contribution in [2.75, 3.05) is 12.0 Å². The van der Waals surface area contributed by atoms with Gasteiger partial charge in [-0.2, -0.15) is 4.31 Å². The Balaban J connectivity index is 1.69. The van der Waals surface area contributed by atoms with Crippen molar-refractivity contribution in [3.05, 3.63) is 78.6 Å². The van der Waals surface area contributed by atoms with Crippen LogP contribution in [0, 0.1) is 0 Å². The van der Waals surface area contributed by atoms with Crippen molar-refractivity contribution < 1.29 is 32.3 Å². The van der Waals surface area contributed by atoms with E-state index in [0.29, 0.717) is 11.3 Å². The summed E-state index contributed by atoms with van der Waals surface area (Å²) in [5, 5.41) is 0. The van der Waals surface area contributed by atoms with Gasteiger partial charge in [0.25, 0.3) is 5.91 Å². The normalized spacial score (nSPS) is 15.9. The number of carbonyl (C=O) groups excluding carboxylic acids is 3. The number of nitrogens with zero attached hydrogens (tertiary/aromatic N) is 3. The first-order valence-corrected chi connectivity index (χ1v) is 12.3. The molecule has 1 atom stereocenters. The van der Waals surface area contributed by atoms with Crippen LogP contribution in [-0.4, -0.2) is 48.6 Å². The molecular formula is C25H23N3O7S. The molecule has 0 aliphatic carbocycles. The average molecular weight is 510 g/mol. The summed E-state index contributed by atoms with van der Waals surface area (Å²) in [6, 6.07) is 13.7. The first-order valence-electron chi connectivity index (χ1n) is 10.9. The molecule has 0 spiro atoms. The van der Waals surface area contributed by atoms with Gasteiger partial charge in [0.1, 0.15) is 17.5 Å². The smallest absolute Gasteiger partial charge is 0.308 e. The largest absolute Gasteiger partial charge is 0.497 e. The molecule has 1 aliphatic rings. The number of sulfonamides is 1. The second-order valence-electron chi connectivity index (χ2n) is 7.96. The van der Waals surface area contributed by atoms with E-state index in [9.17, 15) is 22.8 Å². The van der Waals surface area contributed by atoms with E-state index in [1.165, 1.54) is 68.8 Å². The maximum Gasteiger partial charge on any atom is 0.308 e. The molecule has 0 bridgehead atoms.